The Morgan fingerprint density at radius 2 is 1.94 bits per heavy atom. The number of aryl methyl sites for hydroxylation is 1. The molecule has 1 aromatic carbocycles. The zero-order valence-corrected chi connectivity index (χ0v) is 12.0. The van der Waals surface area contributed by atoms with Gasteiger partial charge < -0.3 is 5.73 Å². The summed E-state index contributed by atoms with van der Waals surface area (Å²) in [6.45, 7) is 6.65. The van der Waals surface area contributed by atoms with Crippen molar-refractivity contribution in [1.82, 2.24) is 0 Å². The lowest BCUT2D eigenvalue weighted by Gasteiger charge is -2.15. The van der Waals surface area contributed by atoms with Crippen LogP contribution in [-0.4, -0.2) is 0 Å². The number of halogens is 1. The van der Waals surface area contributed by atoms with E-state index in [4.69, 9.17) is 5.73 Å². The molecule has 1 atom stereocenters. The molecule has 0 saturated carbocycles. The predicted octanol–water partition coefficient (Wildman–Crippen LogP) is 4.58. The van der Waals surface area contributed by atoms with Crippen LogP contribution in [0.3, 0.4) is 0 Å². The molecule has 0 aliphatic carbocycles. The van der Waals surface area contributed by atoms with Gasteiger partial charge in [0.15, 0.2) is 0 Å². The molecule has 0 spiro atoms. The first-order valence-corrected chi connectivity index (χ1v) is 6.81. The summed E-state index contributed by atoms with van der Waals surface area (Å²) in [6, 6.07) is 6.54. The van der Waals surface area contributed by atoms with E-state index in [1.807, 2.05) is 0 Å². The first-order valence-electron chi connectivity index (χ1n) is 6.02. The first kappa shape index (κ1) is 13.7. The van der Waals surface area contributed by atoms with Crippen LogP contribution in [0.2, 0.25) is 0 Å². The molecule has 1 aromatic rings. The van der Waals surface area contributed by atoms with Crippen LogP contribution in [0, 0.1) is 12.8 Å². The first-order chi connectivity index (χ1) is 7.50. The maximum atomic E-state index is 6.22. The second-order valence-electron chi connectivity index (χ2n) is 4.93. The highest BCUT2D eigenvalue weighted by Crippen LogP contribution is 2.24. The van der Waals surface area contributed by atoms with E-state index in [-0.39, 0.29) is 6.04 Å². The second kappa shape index (κ2) is 6.41. The third-order valence-corrected chi connectivity index (χ3v) is 3.42. The van der Waals surface area contributed by atoms with Crippen molar-refractivity contribution in [2.75, 3.05) is 0 Å². The summed E-state index contributed by atoms with van der Waals surface area (Å²) in [7, 11) is 0. The summed E-state index contributed by atoms with van der Waals surface area (Å²) in [5.41, 5.74) is 8.78. The molecule has 0 bridgehead atoms. The molecule has 0 aromatic heterocycles. The van der Waals surface area contributed by atoms with Crippen LogP contribution in [0.5, 0.6) is 0 Å². The summed E-state index contributed by atoms with van der Waals surface area (Å²) in [6.07, 6.45) is 3.57. The molecule has 2 heteroatoms. The Balaban J connectivity index is 2.55. The third kappa shape index (κ3) is 4.26. The van der Waals surface area contributed by atoms with Gasteiger partial charge >= 0.3 is 0 Å². The Kier molecular flexibility index (Phi) is 5.50. The molecular formula is C14H22BrN. The molecule has 16 heavy (non-hydrogen) atoms. The van der Waals surface area contributed by atoms with Crippen molar-refractivity contribution in [3.63, 3.8) is 0 Å². The van der Waals surface area contributed by atoms with Gasteiger partial charge in [0.1, 0.15) is 0 Å². The third-order valence-electron chi connectivity index (χ3n) is 2.93. The number of benzene rings is 1. The summed E-state index contributed by atoms with van der Waals surface area (Å²) in [5.74, 6) is 0.776. The van der Waals surface area contributed by atoms with Crippen molar-refractivity contribution >= 4 is 15.9 Å². The minimum atomic E-state index is 0.187. The van der Waals surface area contributed by atoms with E-state index in [9.17, 15) is 0 Å². The lowest BCUT2D eigenvalue weighted by atomic mass is 9.96. The van der Waals surface area contributed by atoms with Gasteiger partial charge in [0, 0.05) is 10.5 Å². The highest BCUT2D eigenvalue weighted by Gasteiger charge is 2.09. The van der Waals surface area contributed by atoms with Crippen molar-refractivity contribution in [2.45, 2.75) is 46.1 Å². The fraction of sp³-hybridized carbons (Fsp3) is 0.571. The predicted molar refractivity (Wildman–Crippen MR) is 74.5 cm³/mol. The van der Waals surface area contributed by atoms with Gasteiger partial charge in [-0.05, 0) is 42.5 Å². The van der Waals surface area contributed by atoms with Crippen LogP contribution in [0.1, 0.15) is 50.3 Å². The van der Waals surface area contributed by atoms with E-state index in [2.05, 4.69) is 54.9 Å². The van der Waals surface area contributed by atoms with Gasteiger partial charge in [-0.25, -0.2) is 0 Å². The fourth-order valence-corrected chi connectivity index (χ4v) is 2.43. The maximum absolute atomic E-state index is 6.22. The molecule has 0 amide bonds. The summed E-state index contributed by atoms with van der Waals surface area (Å²) in [5, 5.41) is 0. The molecule has 0 heterocycles. The zero-order valence-electron chi connectivity index (χ0n) is 10.5. The topological polar surface area (TPSA) is 26.0 Å². The molecule has 0 saturated heterocycles. The van der Waals surface area contributed by atoms with Crippen molar-refractivity contribution < 1.29 is 0 Å². The highest BCUT2D eigenvalue weighted by molar-refractivity contribution is 9.10. The molecule has 1 nitrogen and oxygen atoms in total. The molecular weight excluding hydrogens is 262 g/mol. The van der Waals surface area contributed by atoms with E-state index in [0.717, 1.165) is 16.8 Å². The van der Waals surface area contributed by atoms with Crippen molar-refractivity contribution in [3.8, 4) is 0 Å². The number of hydrogen-bond acceptors (Lipinski definition) is 1. The molecule has 0 fully saturated rings. The largest absolute Gasteiger partial charge is 0.324 e. The van der Waals surface area contributed by atoms with Gasteiger partial charge in [0.2, 0.25) is 0 Å². The zero-order chi connectivity index (χ0) is 12.1. The van der Waals surface area contributed by atoms with E-state index in [0.29, 0.717) is 0 Å². The Morgan fingerprint density at radius 3 is 2.50 bits per heavy atom. The Bertz CT molecular complexity index is 334. The van der Waals surface area contributed by atoms with E-state index in [1.54, 1.807) is 0 Å². The van der Waals surface area contributed by atoms with Gasteiger partial charge in [-0.15, -0.1) is 0 Å². The Hall–Kier alpha value is -0.340. The molecule has 0 radical (unpaired) electrons. The smallest absolute Gasteiger partial charge is 0.0297 e. The van der Waals surface area contributed by atoms with Gasteiger partial charge in [0.25, 0.3) is 0 Å². The minimum absolute atomic E-state index is 0.187. The molecule has 1 rings (SSSR count). The molecule has 1 unspecified atom stereocenters. The van der Waals surface area contributed by atoms with E-state index < -0.39 is 0 Å². The molecule has 2 N–H and O–H groups in total. The van der Waals surface area contributed by atoms with Crippen LogP contribution in [-0.2, 0) is 0 Å². The highest BCUT2D eigenvalue weighted by atomic mass is 79.9. The van der Waals surface area contributed by atoms with E-state index >= 15 is 0 Å². The van der Waals surface area contributed by atoms with E-state index in [1.165, 1.54) is 24.0 Å². The second-order valence-corrected chi connectivity index (χ2v) is 5.85. The van der Waals surface area contributed by atoms with Gasteiger partial charge in [-0.3, -0.25) is 0 Å². The Labute approximate surface area is 108 Å². The van der Waals surface area contributed by atoms with Gasteiger partial charge in [0.05, 0.1) is 0 Å². The summed E-state index contributed by atoms with van der Waals surface area (Å²) >= 11 is 3.48. The quantitative estimate of drug-likeness (QED) is 0.841. The molecule has 0 aliphatic rings. The number of rotatable bonds is 5. The molecule has 90 valence electrons. The van der Waals surface area contributed by atoms with Crippen molar-refractivity contribution in [1.29, 1.82) is 0 Å². The Morgan fingerprint density at radius 1 is 1.25 bits per heavy atom. The van der Waals surface area contributed by atoms with Crippen LogP contribution in [0.15, 0.2) is 22.7 Å². The number of nitrogens with two attached hydrogens (primary N) is 1. The van der Waals surface area contributed by atoms with Crippen LogP contribution in [0.4, 0.5) is 0 Å². The normalized spacial score (nSPS) is 13.1. The standard InChI is InChI=1S/C14H22BrN/c1-10(2)5-4-6-14(16)13-8-7-12(15)9-11(13)3/h7-10,14H,4-6,16H2,1-3H3. The van der Waals surface area contributed by atoms with Gasteiger partial charge in [-0.2, -0.15) is 0 Å². The number of hydrogen-bond donors (Lipinski definition) is 1. The fourth-order valence-electron chi connectivity index (χ4n) is 1.96. The average Bonchev–Trinajstić information content (AvgIpc) is 2.16. The monoisotopic (exact) mass is 283 g/mol. The van der Waals surface area contributed by atoms with Crippen molar-refractivity contribution in [2.24, 2.45) is 11.7 Å². The molecule has 0 aliphatic heterocycles. The lowest BCUT2D eigenvalue weighted by molar-refractivity contribution is 0.505. The summed E-state index contributed by atoms with van der Waals surface area (Å²) in [4.78, 5) is 0. The van der Waals surface area contributed by atoms with Crippen LogP contribution < -0.4 is 5.73 Å². The SMILES string of the molecule is Cc1cc(Br)ccc1C(N)CCCC(C)C. The van der Waals surface area contributed by atoms with Crippen LogP contribution in [0.25, 0.3) is 0 Å². The minimum Gasteiger partial charge on any atom is -0.324 e. The summed E-state index contributed by atoms with van der Waals surface area (Å²) < 4.78 is 1.13. The lowest BCUT2D eigenvalue weighted by Crippen LogP contribution is -2.12. The van der Waals surface area contributed by atoms with Gasteiger partial charge in [-0.1, -0.05) is 48.7 Å². The van der Waals surface area contributed by atoms with Crippen LogP contribution >= 0.6 is 15.9 Å². The van der Waals surface area contributed by atoms with Crippen molar-refractivity contribution in [3.05, 3.63) is 33.8 Å². The average molecular weight is 284 g/mol. The maximum Gasteiger partial charge on any atom is 0.0297 e.